The third-order valence-electron chi connectivity index (χ3n) is 4.17. The smallest absolute Gasteiger partial charge is 0.244 e. The van der Waals surface area contributed by atoms with Crippen molar-refractivity contribution in [1.82, 2.24) is 14.9 Å². The van der Waals surface area contributed by atoms with Gasteiger partial charge in [-0.15, -0.1) is 0 Å². The van der Waals surface area contributed by atoms with Crippen molar-refractivity contribution < 1.29 is 13.2 Å². The zero-order chi connectivity index (χ0) is 15.1. The summed E-state index contributed by atoms with van der Waals surface area (Å²) in [4.78, 5) is 0.258. The molecule has 0 saturated heterocycles. The maximum absolute atomic E-state index is 12.5. The van der Waals surface area contributed by atoms with Gasteiger partial charge in [0.25, 0.3) is 0 Å². The molecule has 114 valence electrons. The predicted octanol–water partition coefficient (Wildman–Crippen LogP) is 1.51. The fourth-order valence-electron chi connectivity index (χ4n) is 2.75. The van der Waals surface area contributed by atoms with E-state index >= 15 is 0 Å². The van der Waals surface area contributed by atoms with E-state index in [4.69, 9.17) is 4.74 Å². The molecule has 0 aromatic carbocycles. The van der Waals surface area contributed by atoms with Gasteiger partial charge in [-0.3, -0.25) is 5.10 Å². The van der Waals surface area contributed by atoms with E-state index in [1.807, 2.05) is 20.8 Å². The van der Waals surface area contributed by atoms with Crippen LogP contribution in [-0.2, 0) is 14.8 Å². The van der Waals surface area contributed by atoms with E-state index in [2.05, 4.69) is 14.9 Å². The van der Waals surface area contributed by atoms with E-state index in [-0.39, 0.29) is 22.5 Å². The maximum Gasteiger partial charge on any atom is 0.244 e. The second-order valence-corrected chi connectivity index (χ2v) is 7.59. The van der Waals surface area contributed by atoms with Crippen LogP contribution in [0.1, 0.15) is 38.6 Å². The number of hydrogen-bond acceptors (Lipinski definition) is 4. The van der Waals surface area contributed by atoms with E-state index in [1.54, 1.807) is 13.8 Å². The average Bonchev–Trinajstić information content (AvgIpc) is 2.68. The van der Waals surface area contributed by atoms with Crippen molar-refractivity contribution in [3.63, 3.8) is 0 Å². The summed E-state index contributed by atoms with van der Waals surface area (Å²) in [6, 6.07) is -0.113. The minimum Gasteiger partial charge on any atom is -0.378 e. The van der Waals surface area contributed by atoms with Gasteiger partial charge < -0.3 is 4.74 Å². The first kappa shape index (κ1) is 15.5. The Bertz CT molecular complexity index is 573. The number of sulfonamides is 1. The summed E-state index contributed by atoms with van der Waals surface area (Å²) >= 11 is 0. The van der Waals surface area contributed by atoms with E-state index in [0.717, 1.165) is 0 Å². The van der Waals surface area contributed by atoms with Crippen LogP contribution < -0.4 is 4.72 Å². The van der Waals surface area contributed by atoms with Crippen molar-refractivity contribution in [3.8, 4) is 0 Å². The second kappa shape index (κ2) is 5.13. The Kier molecular flexibility index (Phi) is 3.96. The van der Waals surface area contributed by atoms with Gasteiger partial charge in [0.15, 0.2) is 0 Å². The van der Waals surface area contributed by atoms with E-state index in [0.29, 0.717) is 24.4 Å². The molecular weight excluding hydrogens is 278 g/mol. The topological polar surface area (TPSA) is 84.1 Å². The number of ether oxygens (including phenoxy) is 1. The number of nitrogens with one attached hydrogen (secondary N) is 2. The lowest BCUT2D eigenvalue weighted by atomic mass is 9.65. The minimum absolute atomic E-state index is 0.103. The van der Waals surface area contributed by atoms with Crippen LogP contribution in [0.4, 0.5) is 0 Å². The zero-order valence-corrected chi connectivity index (χ0v) is 13.5. The lowest BCUT2D eigenvalue weighted by Gasteiger charge is -2.51. The largest absolute Gasteiger partial charge is 0.378 e. The lowest BCUT2D eigenvalue weighted by molar-refractivity contribution is -0.108. The number of H-pyrrole nitrogens is 1. The summed E-state index contributed by atoms with van der Waals surface area (Å²) < 4.78 is 33.4. The zero-order valence-electron chi connectivity index (χ0n) is 12.6. The van der Waals surface area contributed by atoms with Crippen LogP contribution in [0.3, 0.4) is 0 Å². The standard InChI is InChI=1S/C13H23N3O3S/c1-6-19-11-7-10(13(11,4)5)16-20(17,18)12-8(2)14-15-9(12)3/h10-11,16H,6-7H2,1-5H3,(H,14,15). The molecule has 0 spiro atoms. The Morgan fingerprint density at radius 2 is 2.10 bits per heavy atom. The molecule has 1 aliphatic carbocycles. The van der Waals surface area contributed by atoms with Crippen LogP contribution >= 0.6 is 0 Å². The molecule has 20 heavy (non-hydrogen) atoms. The Balaban J connectivity index is 2.16. The van der Waals surface area contributed by atoms with Crippen LogP contribution in [-0.4, -0.2) is 37.4 Å². The van der Waals surface area contributed by atoms with Crippen molar-refractivity contribution in [2.45, 2.75) is 58.1 Å². The average molecular weight is 301 g/mol. The van der Waals surface area contributed by atoms with Gasteiger partial charge in [0.2, 0.25) is 10.0 Å². The number of aromatic nitrogens is 2. The van der Waals surface area contributed by atoms with Gasteiger partial charge in [-0.2, -0.15) is 5.10 Å². The molecule has 0 amide bonds. The van der Waals surface area contributed by atoms with E-state index < -0.39 is 10.0 Å². The highest BCUT2D eigenvalue weighted by Crippen LogP contribution is 2.43. The van der Waals surface area contributed by atoms with Crippen LogP contribution in [0, 0.1) is 19.3 Å². The number of nitrogens with zero attached hydrogens (tertiary/aromatic N) is 1. The number of aryl methyl sites for hydroxylation is 2. The SMILES string of the molecule is CCOC1CC(NS(=O)(=O)c2c(C)n[nH]c2C)C1(C)C. The van der Waals surface area contributed by atoms with Gasteiger partial charge in [-0.1, -0.05) is 13.8 Å². The van der Waals surface area contributed by atoms with Crippen LogP contribution in [0.15, 0.2) is 4.90 Å². The first-order valence-corrected chi connectivity index (χ1v) is 8.34. The summed E-state index contributed by atoms with van der Waals surface area (Å²) in [5.74, 6) is 0. The van der Waals surface area contributed by atoms with Crippen LogP contribution in [0.25, 0.3) is 0 Å². The third-order valence-corrected chi connectivity index (χ3v) is 5.91. The molecule has 1 aliphatic rings. The number of rotatable bonds is 5. The number of hydrogen-bond donors (Lipinski definition) is 2. The molecule has 6 nitrogen and oxygen atoms in total. The van der Waals surface area contributed by atoms with Gasteiger partial charge in [-0.25, -0.2) is 13.1 Å². The molecular formula is C13H23N3O3S. The molecule has 0 aliphatic heterocycles. The summed E-state index contributed by atoms with van der Waals surface area (Å²) in [5, 5.41) is 6.65. The fraction of sp³-hybridized carbons (Fsp3) is 0.769. The molecule has 2 atom stereocenters. The Morgan fingerprint density at radius 1 is 1.45 bits per heavy atom. The molecule has 1 aromatic heterocycles. The molecule has 1 saturated carbocycles. The Hall–Kier alpha value is -0.920. The van der Waals surface area contributed by atoms with Crippen molar-refractivity contribution in [1.29, 1.82) is 0 Å². The third kappa shape index (κ3) is 2.49. The second-order valence-electron chi connectivity index (χ2n) is 5.94. The first-order chi connectivity index (χ1) is 9.20. The van der Waals surface area contributed by atoms with Crippen molar-refractivity contribution in [3.05, 3.63) is 11.4 Å². The molecule has 1 aromatic rings. The van der Waals surface area contributed by atoms with Gasteiger partial charge in [0.1, 0.15) is 4.90 Å². The quantitative estimate of drug-likeness (QED) is 0.863. The summed E-state index contributed by atoms with van der Waals surface area (Å²) in [6.07, 6.45) is 0.808. The van der Waals surface area contributed by atoms with Crippen molar-refractivity contribution in [2.75, 3.05) is 6.61 Å². The fourth-order valence-corrected chi connectivity index (χ4v) is 4.53. The molecule has 0 bridgehead atoms. The molecule has 0 radical (unpaired) electrons. The van der Waals surface area contributed by atoms with Crippen LogP contribution in [0.2, 0.25) is 0 Å². The lowest BCUT2D eigenvalue weighted by Crippen LogP contribution is -2.62. The molecule has 1 fully saturated rings. The van der Waals surface area contributed by atoms with Crippen molar-refractivity contribution >= 4 is 10.0 Å². The van der Waals surface area contributed by atoms with Crippen molar-refractivity contribution in [2.24, 2.45) is 5.41 Å². The first-order valence-electron chi connectivity index (χ1n) is 6.85. The molecule has 2 N–H and O–H groups in total. The van der Waals surface area contributed by atoms with Gasteiger partial charge in [-0.05, 0) is 27.2 Å². The van der Waals surface area contributed by atoms with Crippen LogP contribution in [0.5, 0.6) is 0 Å². The molecule has 2 unspecified atom stereocenters. The Labute approximate surface area is 120 Å². The summed E-state index contributed by atoms with van der Waals surface area (Å²) in [6.45, 7) is 10.0. The summed E-state index contributed by atoms with van der Waals surface area (Å²) in [7, 11) is -3.55. The molecule has 1 heterocycles. The Morgan fingerprint density at radius 3 is 2.55 bits per heavy atom. The monoisotopic (exact) mass is 301 g/mol. The molecule has 7 heteroatoms. The highest BCUT2D eigenvalue weighted by atomic mass is 32.2. The number of aromatic amines is 1. The van der Waals surface area contributed by atoms with E-state index in [1.165, 1.54) is 0 Å². The van der Waals surface area contributed by atoms with E-state index in [9.17, 15) is 8.42 Å². The predicted molar refractivity (Wildman–Crippen MR) is 76.0 cm³/mol. The summed E-state index contributed by atoms with van der Waals surface area (Å²) in [5.41, 5.74) is 0.858. The normalized spacial score (nSPS) is 25.4. The molecule has 2 rings (SSSR count). The van der Waals surface area contributed by atoms with Gasteiger partial charge in [0.05, 0.1) is 17.5 Å². The van der Waals surface area contributed by atoms with Gasteiger partial charge >= 0.3 is 0 Å². The van der Waals surface area contributed by atoms with Gasteiger partial charge in [0, 0.05) is 18.1 Å². The maximum atomic E-state index is 12.5. The minimum atomic E-state index is -3.55. The highest BCUT2D eigenvalue weighted by Gasteiger charge is 2.50. The highest BCUT2D eigenvalue weighted by molar-refractivity contribution is 7.89.